The minimum Gasteiger partial charge on any atom is -0.438 e. The third-order valence-electron chi connectivity index (χ3n) is 4.00. The number of para-hydroxylation sites is 1. The number of ether oxygens (including phenoxy) is 1. The van der Waals surface area contributed by atoms with E-state index in [4.69, 9.17) is 4.74 Å². The molecule has 1 heterocycles. The maximum atomic E-state index is 13.5. The number of nitrogens with zero attached hydrogens (tertiary/aromatic N) is 2. The number of aromatic nitrogens is 2. The van der Waals surface area contributed by atoms with Crippen LogP contribution in [0.4, 0.5) is 8.78 Å². The molecule has 0 aliphatic carbocycles. The molecule has 0 aliphatic heterocycles. The fourth-order valence-corrected chi connectivity index (χ4v) is 2.73. The maximum absolute atomic E-state index is 13.5. The summed E-state index contributed by atoms with van der Waals surface area (Å²) < 4.78 is 32.8. The van der Waals surface area contributed by atoms with Gasteiger partial charge in [-0.15, -0.1) is 0 Å². The fourth-order valence-electron chi connectivity index (χ4n) is 2.73. The molecule has 0 saturated carbocycles. The van der Waals surface area contributed by atoms with Crippen molar-refractivity contribution >= 4 is 16.7 Å². The molecular formula is C22H14F2N2O. The minimum absolute atomic E-state index is 0.0938. The number of fused-ring (bicyclic) bond motifs is 1. The van der Waals surface area contributed by atoms with Crippen LogP contribution in [-0.2, 0) is 0 Å². The van der Waals surface area contributed by atoms with Crippen LogP contribution in [0.1, 0.15) is 5.56 Å². The van der Waals surface area contributed by atoms with Crippen LogP contribution in [0.3, 0.4) is 0 Å². The van der Waals surface area contributed by atoms with Gasteiger partial charge in [0.05, 0.1) is 10.9 Å². The van der Waals surface area contributed by atoms with Gasteiger partial charge >= 0.3 is 0 Å². The van der Waals surface area contributed by atoms with Crippen molar-refractivity contribution in [2.24, 2.45) is 0 Å². The van der Waals surface area contributed by atoms with E-state index in [1.54, 1.807) is 0 Å². The van der Waals surface area contributed by atoms with Gasteiger partial charge in [0.25, 0.3) is 0 Å². The number of benzene rings is 3. The van der Waals surface area contributed by atoms with E-state index in [0.717, 1.165) is 23.8 Å². The lowest BCUT2D eigenvalue weighted by atomic mass is 10.1. The van der Waals surface area contributed by atoms with E-state index in [-0.39, 0.29) is 17.2 Å². The molecule has 0 bridgehead atoms. The molecule has 0 N–H and O–H groups in total. The van der Waals surface area contributed by atoms with E-state index >= 15 is 0 Å². The van der Waals surface area contributed by atoms with Gasteiger partial charge in [-0.3, -0.25) is 0 Å². The SMILES string of the molecule is C=C(Oc1nc(-c2ccccc2)nc2ccccc12)c1cc(F)cc(F)c1. The highest BCUT2D eigenvalue weighted by atomic mass is 19.1. The zero-order valence-corrected chi connectivity index (χ0v) is 14.2. The van der Waals surface area contributed by atoms with Crippen molar-refractivity contribution in [2.75, 3.05) is 0 Å². The summed E-state index contributed by atoms with van der Waals surface area (Å²) in [4.78, 5) is 9.07. The second kappa shape index (κ2) is 6.96. The molecule has 27 heavy (non-hydrogen) atoms. The van der Waals surface area contributed by atoms with Crippen LogP contribution < -0.4 is 4.74 Å². The van der Waals surface area contributed by atoms with Gasteiger partial charge in [-0.05, 0) is 24.3 Å². The van der Waals surface area contributed by atoms with Gasteiger partial charge < -0.3 is 4.74 Å². The number of halogens is 2. The molecule has 0 saturated heterocycles. The Labute approximate surface area is 154 Å². The Kier molecular flexibility index (Phi) is 4.34. The highest BCUT2D eigenvalue weighted by molar-refractivity contribution is 5.86. The normalized spacial score (nSPS) is 10.7. The third-order valence-corrected chi connectivity index (χ3v) is 4.00. The second-order valence-electron chi connectivity index (χ2n) is 5.92. The van der Waals surface area contributed by atoms with E-state index in [0.29, 0.717) is 16.7 Å². The van der Waals surface area contributed by atoms with Crippen molar-refractivity contribution in [1.82, 2.24) is 9.97 Å². The Morgan fingerprint density at radius 1 is 0.815 bits per heavy atom. The molecule has 0 aliphatic rings. The van der Waals surface area contributed by atoms with Gasteiger partial charge in [0.1, 0.15) is 17.4 Å². The smallest absolute Gasteiger partial charge is 0.230 e. The van der Waals surface area contributed by atoms with Crippen LogP contribution in [0.15, 0.2) is 79.4 Å². The first-order valence-electron chi connectivity index (χ1n) is 8.25. The molecule has 3 aromatic carbocycles. The molecule has 132 valence electrons. The van der Waals surface area contributed by atoms with Gasteiger partial charge in [0, 0.05) is 17.2 Å². The van der Waals surface area contributed by atoms with Crippen molar-refractivity contribution in [1.29, 1.82) is 0 Å². The topological polar surface area (TPSA) is 35.0 Å². The molecule has 0 unspecified atom stereocenters. The Balaban J connectivity index is 1.79. The average molecular weight is 360 g/mol. The number of rotatable bonds is 4. The lowest BCUT2D eigenvalue weighted by Gasteiger charge is -2.12. The quantitative estimate of drug-likeness (QED) is 0.443. The average Bonchev–Trinajstić information content (AvgIpc) is 2.68. The van der Waals surface area contributed by atoms with Crippen LogP contribution in [-0.4, -0.2) is 9.97 Å². The summed E-state index contributed by atoms with van der Waals surface area (Å²) in [5.41, 5.74) is 1.73. The van der Waals surface area contributed by atoms with Crippen molar-refractivity contribution in [2.45, 2.75) is 0 Å². The molecule has 4 rings (SSSR count). The molecular weight excluding hydrogens is 346 g/mol. The second-order valence-corrected chi connectivity index (χ2v) is 5.92. The first-order chi connectivity index (χ1) is 13.1. The van der Waals surface area contributed by atoms with Gasteiger partial charge in [0.15, 0.2) is 5.82 Å². The van der Waals surface area contributed by atoms with Crippen LogP contribution in [0.2, 0.25) is 0 Å². The van der Waals surface area contributed by atoms with Crippen molar-refractivity contribution in [3.8, 4) is 17.3 Å². The molecule has 0 amide bonds. The molecule has 0 spiro atoms. The minimum atomic E-state index is -0.702. The van der Waals surface area contributed by atoms with Crippen molar-refractivity contribution in [3.05, 3.63) is 96.6 Å². The van der Waals surface area contributed by atoms with E-state index in [1.165, 1.54) is 0 Å². The summed E-state index contributed by atoms with van der Waals surface area (Å²) in [7, 11) is 0. The molecule has 0 atom stereocenters. The molecule has 1 aromatic heterocycles. The molecule has 4 aromatic rings. The largest absolute Gasteiger partial charge is 0.438 e. The number of hydrogen-bond acceptors (Lipinski definition) is 3. The van der Waals surface area contributed by atoms with E-state index in [9.17, 15) is 8.78 Å². The first kappa shape index (κ1) is 16.8. The van der Waals surface area contributed by atoms with E-state index in [1.807, 2.05) is 54.6 Å². The van der Waals surface area contributed by atoms with E-state index < -0.39 is 11.6 Å². The van der Waals surface area contributed by atoms with Crippen LogP contribution in [0.25, 0.3) is 28.0 Å². The van der Waals surface area contributed by atoms with E-state index in [2.05, 4.69) is 16.5 Å². The maximum Gasteiger partial charge on any atom is 0.230 e. The fraction of sp³-hybridized carbons (Fsp3) is 0. The first-order valence-corrected chi connectivity index (χ1v) is 8.25. The Hall–Kier alpha value is -3.60. The highest BCUT2D eigenvalue weighted by Crippen LogP contribution is 2.29. The Morgan fingerprint density at radius 2 is 1.48 bits per heavy atom. The van der Waals surface area contributed by atoms with Crippen LogP contribution >= 0.6 is 0 Å². The van der Waals surface area contributed by atoms with Crippen molar-refractivity contribution in [3.63, 3.8) is 0 Å². The predicted octanol–water partition coefficient (Wildman–Crippen LogP) is 5.62. The highest BCUT2D eigenvalue weighted by Gasteiger charge is 2.13. The summed E-state index contributed by atoms with van der Waals surface area (Å²) in [6.07, 6.45) is 0. The molecule has 0 radical (unpaired) electrons. The van der Waals surface area contributed by atoms with Crippen molar-refractivity contribution < 1.29 is 13.5 Å². The van der Waals surface area contributed by atoms with Gasteiger partial charge in [0.2, 0.25) is 5.88 Å². The zero-order valence-electron chi connectivity index (χ0n) is 14.2. The molecule has 3 nitrogen and oxygen atoms in total. The summed E-state index contributed by atoms with van der Waals surface area (Å²) >= 11 is 0. The summed E-state index contributed by atoms with van der Waals surface area (Å²) in [5.74, 6) is -0.549. The zero-order chi connectivity index (χ0) is 18.8. The van der Waals surface area contributed by atoms with Crippen LogP contribution in [0, 0.1) is 11.6 Å². The summed E-state index contributed by atoms with van der Waals surface area (Å²) in [5, 5.41) is 0.676. The molecule has 0 fully saturated rings. The Bertz CT molecular complexity index is 1120. The number of hydrogen-bond donors (Lipinski definition) is 0. The summed E-state index contributed by atoms with van der Waals surface area (Å²) in [6.45, 7) is 3.80. The Morgan fingerprint density at radius 3 is 2.22 bits per heavy atom. The molecule has 5 heteroatoms. The monoisotopic (exact) mass is 360 g/mol. The van der Waals surface area contributed by atoms with Crippen LogP contribution in [0.5, 0.6) is 5.88 Å². The standard InChI is InChI=1S/C22H14F2N2O/c1-14(16-11-17(23)13-18(24)12-16)27-22-19-9-5-6-10-20(19)25-21(26-22)15-7-3-2-4-8-15/h2-13H,1H2. The lowest BCUT2D eigenvalue weighted by Crippen LogP contribution is -2.00. The van der Waals surface area contributed by atoms with Gasteiger partial charge in [-0.25, -0.2) is 13.8 Å². The lowest BCUT2D eigenvalue weighted by molar-refractivity contribution is 0.498. The summed E-state index contributed by atoms with van der Waals surface area (Å²) in [6, 6.07) is 20.0. The third kappa shape index (κ3) is 3.53. The predicted molar refractivity (Wildman–Crippen MR) is 101 cm³/mol. The van der Waals surface area contributed by atoms with Gasteiger partial charge in [-0.2, -0.15) is 4.98 Å². The van der Waals surface area contributed by atoms with Gasteiger partial charge in [-0.1, -0.05) is 49.0 Å².